The molecule has 0 aromatic carbocycles. The van der Waals surface area contributed by atoms with Crippen LogP contribution in [-0.2, 0) is 9.53 Å². The molecule has 0 spiro atoms. The van der Waals surface area contributed by atoms with Crippen molar-refractivity contribution < 1.29 is 24.9 Å². The lowest BCUT2D eigenvalue weighted by Gasteiger charge is -2.64. The number of esters is 1. The van der Waals surface area contributed by atoms with E-state index in [4.69, 9.17) is 4.74 Å². The number of rotatable bonds is 3. The van der Waals surface area contributed by atoms with E-state index in [1.54, 1.807) is 0 Å². The second-order valence-electron chi connectivity index (χ2n) is 8.28. The fourth-order valence-corrected chi connectivity index (χ4v) is 4.71. The van der Waals surface area contributed by atoms with Crippen molar-refractivity contribution in [2.24, 2.45) is 11.3 Å². The Morgan fingerprint density at radius 1 is 1.24 bits per heavy atom. The number of hydrogen-bond donors (Lipinski definition) is 3. The number of carbonyl (C=O) groups excluding carboxylic acids is 1. The molecule has 4 aliphatic carbocycles. The van der Waals surface area contributed by atoms with Gasteiger partial charge in [0.1, 0.15) is 5.60 Å². The highest BCUT2D eigenvalue weighted by Crippen LogP contribution is 2.60. The van der Waals surface area contributed by atoms with E-state index in [1.165, 1.54) is 0 Å². The number of aliphatic hydroxyl groups excluding tert-OH is 1. The molecule has 0 amide bonds. The Labute approximate surface area is 125 Å². The third-order valence-corrected chi connectivity index (χ3v) is 5.93. The maximum absolute atomic E-state index is 12.4. The monoisotopic (exact) mass is 298 g/mol. The van der Waals surface area contributed by atoms with Gasteiger partial charge in [-0.15, -0.1) is 0 Å². The second kappa shape index (κ2) is 4.21. The van der Waals surface area contributed by atoms with Gasteiger partial charge >= 0.3 is 5.97 Å². The van der Waals surface area contributed by atoms with Crippen molar-refractivity contribution in [1.82, 2.24) is 0 Å². The average molecular weight is 298 g/mol. The molecule has 4 bridgehead atoms. The van der Waals surface area contributed by atoms with Crippen molar-refractivity contribution in [3.63, 3.8) is 0 Å². The summed E-state index contributed by atoms with van der Waals surface area (Å²) < 4.78 is 5.82. The van der Waals surface area contributed by atoms with Gasteiger partial charge in [0.05, 0.1) is 22.7 Å². The van der Waals surface area contributed by atoms with Gasteiger partial charge in [-0.2, -0.15) is 0 Å². The molecule has 5 unspecified atom stereocenters. The van der Waals surface area contributed by atoms with Crippen molar-refractivity contribution >= 4 is 5.97 Å². The predicted octanol–water partition coefficient (Wildman–Crippen LogP) is 1.14. The largest absolute Gasteiger partial charge is 0.458 e. The third kappa shape index (κ3) is 2.21. The van der Waals surface area contributed by atoms with Crippen molar-refractivity contribution in [2.45, 2.75) is 82.2 Å². The topological polar surface area (TPSA) is 87.0 Å². The van der Waals surface area contributed by atoms with Crippen molar-refractivity contribution in [3.8, 4) is 0 Å². The van der Waals surface area contributed by atoms with E-state index < -0.39 is 28.3 Å². The first-order chi connectivity index (χ1) is 9.53. The van der Waals surface area contributed by atoms with Crippen LogP contribution >= 0.6 is 0 Å². The van der Waals surface area contributed by atoms with E-state index in [0.29, 0.717) is 25.7 Å². The maximum atomic E-state index is 12.4. The van der Waals surface area contributed by atoms with E-state index in [9.17, 15) is 20.1 Å². The van der Waals surface area contributed by atoms with Crippen LogP contribution in [0.2, 0.25) is 0 Å². The zero-order valence-corrected chi connectivity index (χ0v) is 13.1. The first-order valence-electron chi connectivity index (χ1n) is 7.90. The summed E-state index contributed by atoms with van der Waals surface area (Å²) >= 11 is 0. The van der Waals surface area contributed by atoms with Gasteiger partial charge in [-0.05, 0) is 39.0 Å². The lowest BCUT2D eigenvalue weighted by molar-refractivity contribution is -0.299. The minimum absolute atomic E-state index is 0.175. The molecule has 0 saturated heterocycles. The summed E-state index contributed by atoms with van der Waals surface area (Å²) in [4.78, 5) is 12.4. The van der Waals surface area contributed by atoms with Gasteiger partial charge in [0.15, 0.2) is 0 Å². The average Bonchev–Trinajstić information content (AvgIpc) is 2.33. The van der Waals surface area contributed by atoms with Crippen LogP contribution in [-0.4, -0.2) is 44.2 Å². The highest BCUT2D eigenvalue weighted by atomic mass is 16.6. The zero-order valence-electron chi connectivity index (χ0n) is 13.1. The van der Waals surface area contributed by atoms with Crippen LogP contribution in [0, 0.1) is 11.3 Å². The number of ether oxygens (including phenoxy) is 1. The molecule has 5 atom stereocenters. The SMILES string of the molecule is CCC(C)(C)C(=O)OC12CC3CC(O)(C1)CC(O)(C2)C3O. The van der Waals surface area contributed by atoms with Crippen LogP contribution in [0.3, 0.4) is 0 Å². The van der Waals surface area contributed by atoms with Gasteiger partial charge in [-0.3, -0.25) is 4.79 Å². The zero-order chi connectivity index (χ0) is 15.7. The molecular formula is C16H26O5. The number of hydrogen-bond acceptors (Lipinski definition) is 5. The lowest BCUT2D eigenvalue weighted by Crippen LogP contribution is -2.72. The summed E-state index contributed by atoms with van der Waals surface area (Å²) in [5.41, 5.74) is -3.75. The molecule has 3 N–H and O–H groups in total. The van der Waals surface area contributed by atoms with E-state index in [-0.39, 0.29) is 24.7 Å². The molecule has 120 valence electrons. The van der Waals surface area contributed by atoms with Gasteiger partial charge in [0, 0.05) is 19.3 Å². The third-order valence-electron chi connectivity index (χ3n) is 5.93. The molecule has 4 saturated carbocycles. The molecule has 0 radical (unpaired) electrons. The standard InChI is InChI=1S/C16H26O5/c1-4-13(2,3)12(18)21-15-6-10-5-14(19,7-15)8-16(20,9-15)11(10)17/h10-11,17,19-20H,4-9H2,1-3H3. The fraction of sp³-hybridized carbons (Fsp3) is 0.938. The Morgan fingerprint density at radius 2 is 1.90 bits per heavy atom. The van der Waals surface area contributed by atoms with Gasteiger partial charge in [-0.1, -0.05) is 6.92 Å². The minimum atomic E-state index is -1.33. The molecule has 4 aliphatic rings. The van der Waals surface area contributed by atoms with Crippen LogP contribution in [0.15, 0.2) is 0 Å². The first kappa shape index (κ1) is 15.3. The summed E-state index contributed by atoms with van der Waals surface area (Å²) in [5.74, 6) is -0.484. The van der Waals surface area contributed by atoms with Crippen LogP contribution in [0.1, 0.15) is 59.3 Å². The van der Waals surface area contributed by atoms with Crippen LogP contribution < -0.4 is 0 Å². The van der Waals surface area contributed by atoms with E-state index in [1.807, 2.05) is 20.8 Å². The molecule has 0 aliphatic heterocycles. The Hall–Kier alpha value is -0.650. The van der Waals surface area contributed by atoms with Gasteiger partial charge in [-0.25, -0.2) is 0 Å². The molecule has 0 aromatic heterocycles. The summed E-state index contributed by atoms with van der Waals surface area (Å²) in [7, 11) is 0. The predicted molar refractivity (Wildman–Crippen MR) is 75.4 cm³/mol. The fourth-order valence-electron chi connectivity index (χ4n) is 4.71. The molecule has 21 heavy (non-hydrogen) atoms. The smallest absolute Gasteiger partial charge is 0.312 e. The van der Waals surface area contributed by atoms with E-state index >= 15 is 0 Å². The molecule has 0 heterocycles. The second-order valence-corrected chi connectivity index (χ2v) is 8.28. The Balaban J connectivity index is 1.88. The van der Waals surface area contributed by atoms with Gasteiger partial charge in [0.2, 0.25) is 0 Å². The molecule has 0 aromatic rings. The van der Waals surface area contributed by atoms with Crippen LogP contribution in [0.5, 0.6) is 0 Å². The summed E-state index contributed by atoms with van der Waals surface area (Å²) in [6.45, 7) is 5.62. The van der Waals surface area contributed by atoms with Gasteiger partial charge < -0.3 is 20.1 Å². The Kier molecular flexibility index (Phi) is 3.06. The Morgan fingerprint density at radius 3 is 2.48 bits per heavy atom. The molecule has 4 rings (SSSR count). The number of carbonyl (C=O) groups is 1. The molecule has 5 nitrogen and oxygen atoms in total. The van der Waals surface area contributed by atoms with Crippen LogP contribution in [0.4, 0.5) is 0 Å². The summed E-state index contributed by atoms with van der Waals surface area (Å²) in [6.07, 6.45) is 1.63. The van der Waals surface area contributed by atoms with E-state index in [2.05, 4.69) is 0 Å². The van der Waals surface area contributed by atoms with Crippen molar-refractivity contribution in [1.29, 1.82) is 0 Å². The normalized spacial score (nSPS) is 48.5. The minimum Gasteiger partial charge on any atom is -0.458 e. The van der Waals surface area contributed by atoms with Crippen molar-refractivity contribution in [2.75, 3.05) is 0 Å². The maximum Gasteiger partial charge on any atom is 0.312 e. The van der Waals surface area contributed by atoms with E-state index in [0.717, 1.165) is 0 Å². The quantitative estimate of drug-likeness (QED) is 0.680. The number of aliphatic hydroxyl groups is 3. The highest BCUT2D eigenvalue weighted by molar-refractivity contribution is 5.76. The molecule has 5 heteroatoms. The molecule has 4 fully saturated rings. The summed E-state index contributed by atoms with van der Waals surface area (Å²) in [6, 6.07) is 0. The highest BCUT2D eigenvalue weighted by Gasteiger charge is 2.68. The Bertz CT molecular complexity index is 475. The molecular weight excluding hydrogens is 272 g/mol. The van der Waals surface area contributed by atoms with Gasteiger partial charge in [0.25, 0.3) is 0 Å². The first-order valence-corrected chi connectivity index (χ1v) is 7.90. The lowest BCUT2D eigenvalue weighted by atomic mass is 9.49. The van der Waals surface area contributed by atoms with Crippen molar-refractivity contribution in [3.05, 3.63) is 0 Å². The van der Waals surface area contributed by atoms with Crippen LogP contribution in [0.25, 0.3) is 0 Å². The summed E-state index contributed by atoms with van der Waals surface area (Å²) in [5, 5.41) is 31.6.